The zero-order chi connectivity index (χ0) is 23.6. The lowest BCUT2D eigenvalue weighted by Crippen LogP contribution is -2.45. The van der Waals surface area contributed by atoms with E-state index in [4.69, 9.17) is 0 Å². The molecule has 3 heterocycles. The molecule has 0 bridgehead atoms. The van der Waals surface area contributed by atoms with Gasteiger partial charge in [-0.05, 0) is 38.1 Å². The molecule has 0 saturated heterocycles. The Morgan fingerprint density at radius 3 is 2.50 bits per heavy atom. The second-order valence-corrected chi connectivity index (χ2v) is 9.50. The van der Waals surface area contributed by atoms with Crippen LogP contribution >= 0.6 is 0 Å². The van der Waals surface area contributed by atoms with Gasteiger partial charge >= 0.3 is 12.1 Å². The van der Waals surface area contributed by atoms with Crippen LogP contribution in [0.3, 0.4) is 0 Å². The van der Waals surface area contributed by atoms with E-state index in [1.54, 1.807) is 6.92 Å². The molecule has 0 spiro atoms. The van der Waals surface area contributed by atoms with Crippen LogP contribution in [-0.2, 0) is 22.4 Å². The summed E-state index contributed by atoms with van der Waals surface area (Å²) < 4.78 is 106. The molecule has 7 nitrogen and oxygen atoms in total. The summed E-state index contributed by atoms with van der Waals surface area (Å²) in [6.45, 7) is 3.01. The average molecular weight is 481 g/mol. The van der Waals surface area contributed by atoms with Crippen molar-refractivity contribution in [2.24, 2.45) is 0 Å². The molecule has 1 aromatic carbocycles. The number of fused-ring (bicyclic) bond motifs is 2. The van der Waals surface area contributed by atoms with Gasteiger partial charge in [0.15, 0.2) is 11.6 Å². The number of H-pyrrole nitrogens is 1. The number of hydrogen-bond donors (Lipinski definition) is 2. The molecule has 32 heavy (non-hydrogen) atoms. The Balaban J connectivity index is 1.83. The molecule has 2 aromatic heterocycles. The summed E-state index contributed by atoms with van der Waals surface area (Å²) in [5, 5.41) is 1.69. The molecular weight excluding hydrogens is 464 g/mol. The summed E-state index contributed by atoms with van der Waals surface area (Å²) in [4.78, 5) is 5.41. The lowest BCUT2D eigenvalue weighted by molar-refractivity contribution is -0.292. The maximum absolute atomic E-state index is 13.8. The minimum Gasteiger partial charge on any atom is -0.339 e. The van der Waals surface area contributed by atoms with E-state index in [0.29, 0.717) is 5.39 Å². The first-order valence-corrected chi connectivity index (χ1v) is 11.0. The number of nitrogens with zero attached hydrogens (tertiary/aromatic N) is 3. The van der Waals surface area contributed by atoms with E-state index in [1.165, 1.54) is 24.1 Å². The van der Waals surface area contributed by atoms with Crippen molar-refractivity contribution >= 4 is 32.6 Å². The molecule has 1 aliphatic rings. The highest BCUT2D eigenvalue weighted by Gasteiger charge is 2.61. The van der Waals surface area contributed by atoms with Crippen LogP contribution in [-0.4, -0.2) is 40.3 Å². The van der Waals surface area contributed by atoms with Gasteiger partial charge in [-0.15, -0.1) is 0 Å². The van der Waals surface area contributed by atoms with Gasteiger partial charge in [0.2, 0.25) is 10.0 Å². The quantitative estimate of drug-likeness (QED) is 0.548. The van der Waals surface area contributed by atoms with E-state index in [-0.39, 0.29) is 35.0 Å². The molecule has 1 aliphatic heterocycles. The second-order valence-electron chi connectivity index (χ2n) is 7.39. The fourth-order valence-electron chi connectivity index (χ4n) is 3.55. The molecule has 0 fully saturated rings. The van der Waals surface area contributed by atoms with Crippen LogP contribution in [0, 0.1) is 5.82 Å². The van der Waals surface area contributed by atoms with E-state index >= 15 is 0 Å². The molecule has 4 rings (SSSR count). The number of aromatic nitrogens is 3. The van der Waals surface area contributed by atoms with Gasteiger partial charge in [0.1, 0.15) is 11.6 Å². The minimum absolute atomic E-state index is 0.0136. The number of anilines is 2. The first kappa shape index (κ1) is 22.3. The molecule has 1 unspecified atom stereocenters. The largest absolute Gasteiger partial charge is 0.461 e. The number of imidazole rings is 1. The van der Waals surface area contributed by atoms with Gasteiger partial charge < -0.3 is 4.98 Å². The topological polar surface area (TPSA) is 83.0 Å². The van der Waals surface area contributed by atoms with E-state index in [1.807, 2.05) is 4.98 Å². The van der Waals surface area contributed by atoms with Crippen LogP contribution in [0.15, 0.2) is 24.3 Å². The summed E-state index contributed by atoms with van der Waals surface area (Å²) in [6.07, 6.45) is -5.88. The van der Waals surface area contributed by atoms with Gasteiger partial charge in [-0.1, -0.05) is 0 Å². The van der Waals surface area contributed by atoms with Gasteiger partial charge in [-0.25, -0.2) is 21.8 Å². The fraction of sp³-hybridized carbons (Fsp3) is 0.389. The molecule has 0 saturated carbocycles. The van der Waals surface area contributed by atoms with Crippen molar-refractivity contribution in [2.45, 2.75) is 38.4 Å². The zero-order valence-electron chi connectivity index (χ0n) is 16.6. The SMILES string of the molecule is CCS(=O)(=O)n1c(N2Nc3nc(C(F)(F)C(F)(F)F)[nH]c3CC2C)cc2ccc(F)cc21. The summed E-state index contributed by atoms with van der Waals surface area (Å²) in [5.41, 5.74) is 2.71. The summed E-state index contributed by atoms with van der Waals surface area (Å²) in [6, 6.07) is 4.44. The molecule has 2 N–H and O–H groups in total. The lowest BCUT2D eigenvalue weighted by Gasteiger charge is -2.35. The molecule has 174 valence electrons. The number of hydrazine groups is 1. The predicted molar refractivity (Wildman–Crippen MR) is 105 cm³/mol. The van der Waals surface area contributed by atoms with Gasteiger partial charge in [-0.2, -0.15) is 22.0 Å². The minimum atomic E-state index is -5.84. The van der Waals surface area contributed by atoms with Crippen molar-refractivity contribution in [3.8, 4) is 0 Å². The number of nitrogens with one attached hydrogen (secondary N) is 2. The third-order valence-corrected chi connectivity index (χ3v) is 6.86. The van der Waals surface area contributed by atoms with Crippen molar-refractivity contribution in [1.29, 1.82) is 0 Å². The second kappa shape index (κ2) is 7.05. The van der Waals surface area contributed by atoms with E-state index in [2.05, 4.69) is 10.4 Å². The molecule has 1 atom stereocenters. The van der Waals surface area contributed by atoms with Crippen LogP contribution in [0.4, 0.5) is 38.0 Å². The molecular formula is C18H17F6N5O2S. The van der Waals surface area contributed by atoms with Crippen LogP contribution in [0.5, 0.6) is 0 Å². The summed E-state index contributed by atoms with van der Waals surface area (Å²) >= 11 is 0. The molecule has 0 radical (unpaired) electrons. The highest BCUT2D eigenvalue weighted by molar-refractivity contribution is 7.90. The van der Waals surface area contributed by atoms with Crippen molar-refractivity contribution in [3.63, 3.8) is 0 Å². The lowest BCUT2D eigenvalue weighted by atomic mass is 10.1. The Bertz CT molecular complexity index is 1300. The van der Waals surface area contributed by atoms with Crippen molar-refractivity contribution in [3.05, 3.63) is 41.6 Å². The predicted octanol–water partition coefficient (Wildman–Crippen LogP) is 4.13. The number of hydrogen-bond acceptors (Lipinski definition) is 5. The van der Waals surface area contributed by atoms with E-state index in [0.717, 1.165) is 16.1 Å². The fourth-order valence-corrected chi connectivity index (χ4v) is 4.69. The number of halogens is 6. The maximum Gasteiger partial charge on any atom is 0.461 e. The van der Waals surface area contributed by atoms with Gasteiger partial charge in [0.05, 0.1) is 23.0 Å². The molecule has 3 aromatic rings. The number of benzene rings is 1. The Labute approximate surface area is 178 Å². The van der Waals surface area contributed by atoms with Gasteiger partial charge in [0.25, 0.3) is 0 Å². The molecule has 14 heteroatoms. The third kappa shape index (κ3) is 3.36. The highest BCUT2D eigenvalue weighted by Crippen LogP contribution is 2.44. The number of alkyl halides is 5. The zero-order valence-corrected chi connectivity index (χ0v) is 17.5. The van der Waals surface area contributed by atoms with Gasteiger partial charge in [-0.3, -0.25) is 10.4 Å². The average Bonchev–Trinajstić information content (AvgIpc) is 3.27. The van der Waals surface area contributed by atoms with E-state index in [9.17, 15) is 34.8 Å². The standard InChI is InChI=1S/C18H17F6N5O2S/c1-3-32(30,31)29-13-8-11(19)5-4-10(13)7-14(29)28-9(2)6-12-15(27-28)26-16(25-12)17(20,21)18(22,23)24/h4-5,7-9,27H,3,6H2,1-2H3,(H,25,26). The first-order chi connectivity index (χ1) is 14.8. The molecule has 0 aliphatic carbocycles. The van der Waals surface area contributed by atoms with Crippen molar-refractivity contribution in [2.75, 3.05) is 16.2 Å². The molecule has 0 amide bonds. The Morgan fingerprint density at radius 1 is 1.19 bits per heavy atom. The smallest absolute Gasteiger partial charge is 0.339 e. The van der Waals surface area contributed by atoms with Crippen molar-refractivity contribution < 1.29 is 34.8 Å². The first-order valence-electron chi connectivity index (χ1n) is 9.40. The normalized spacial score (nSPS) is 17.5. The van der Waals surface area contributed by atoms with Crippen LogP contribution in [0.25, 0.3) is 10.9 Å². The van der Waals surface area contributed by atoms with Crippen LogP contribution in [0.1, 0.15) is 25.4 Å². The maximum atomic E-state index is 13.8. The van der Waals surface area contributed by atoms with Crippen LogP contribution in [0.2, 0.25) is 0 Å². The Morgan fingerprint density at radius 2 is 1.88 bits per heavy atom. The monoisotopic (exact) mass is 481 g/mol. The van der Waals surface area contributed by atoms with E-state index < -0.39 is 39.8 Å². The van der Waals surface area contributed by atoms with Gasteiger partial charge in [0, 0.05) is 11.8 Å². The van der Waals surface area contributed by atoms with Crippen LogP contribution < -0.4 is 10.4 Å². The Hall–Kier alpha value is -2.90. The highest BCUT2D eigenvalue weighted by atomic mass is 32.2. The third-order valence-electron chi connectivity index (χ3n) is 5.19. The summed E-state index contributed by atoms with van der Waals surface area (Å²) in [7, 11) is -3.95. The van der Waals surface area contributed by atoms with Crippen molar-refractivity contribution in [1.82, 2.24) is 13.9 Å². The number of aromatic amines is 1. The Kier molecular flexibility index (Phi) is 4.91. The number of rotatable bonds is 4. The summed E-state index contributed by atoms with van der Waals surface area (Å²) in [5.74, 6) is -8.00.